The van der Waals surface area contributed by atoms with Gasteiger partial charge in [0.1, 0.15) is 4.90 Å². The molecule has 0 aromatic carbocycles. The predicted octanol–water partition coefficient (Wildman–Crippen LogP) is 2.10. The monoisotopic (exact) mass is 337 g/mol. The summed E-state index contributed by atoms with van der Waals surface area (Å²) in [5, 5.41) is 7.16. The third-order valence-corrected chi connectivity index (χ3v) is 5.53. The lowest BCUT2D eigenvalue weighted by atomic mass is 10.3. The van der Waals surface area contributed by atoms with Gasteiger partial charge in [0.05, 0.1) is 11.4 Å². The smallest absolute Gasteiger partial charge is 0.255 e. The number of fused-ring (bicyclic) bond motifs is 1. The van der Waals surface area contributed by atoms with Crippen molar-refractivity contribution in [2.75, 3.05) is 4.72 Å². The molecular weight excluding hydrogens is 322 g/mol. The number of pyridine rings is 1. The first kappa shape index (κ1) is 14.9. The summed E-state index contributed by atoms with van der Waals surface area (Å²) < 4.78 is 29.0. The number of aryl methyl sites for hydroxylation is 3. The van der Waals surface area contributed by atoms with Gasteiger partial charge in [-0.25, -0.2) is 18.4 Å². The SMILES string of the molecule is CCc1csc(NS(=O)(=O)c2cnc3c(c2)c(C)nn3C)n1. The van der Waals surface area contributed by atoms with Gasteiger partial charge < -0.3 is 0 Å². The molecule has 3 heterocycles. The molecule has 0 aliphatic heterocycles. The van der Waals surface area contributed by atoms with E-state index in [1.54, 1.807) is 17.8 Å². The number of thiazole rings is 1. The van der Waals surface area contributed by atoms with Crippen LogP contribution in [-0.4, -0.2) is 28.2 Å². The number of sulfonamides is 1. The third kappa shape index (κ3) is 2.57. The Morgan fingerprint density at radius 1 is 1.41 bits per heavy atom. The molecule has 0 aliphatic rings. The maximum Gasteiger partial charge on any atom is 0.265 e. The van der Waals surface area contributed by atoms with E-state index < -0.39 is 10.0 Å². The predicted molar refractivity (Wildman–Crippen MR) is 85.5 cm³/mol. The van der Waals surface area contributed by atoms with Gasteiger partial charge in [0.15, 0.2) is 10.8 Å². The first-order valence-corrected chi connectivity index (χ1v) is 9.03. The zero-order chi connectivity index (χ0) is 15.9. The number of rotatable bonds is 4. The summed E-state index contributed by atoms with van der Waals surface area (Å²) in [5.74, 6) is 0. The average Bonchev–Trinajstić information content (AvgIpc) is 3.03. The van der Waals surface area contributed by atoms with Gasteiger partial charge in [-0.3, -0.25) is 9.40 Å². The van der Waals surface area contributed by atoms with Crippen molar-refractivity contribution in [1.82, 2.24) is 19.7 Å². The molecule has 0 radical (unpaired) electrons. The topological polar surface area (TPSA) is 89.8 Å². The Morgan fingerprint density at radius 3 is 2.86 bits per heavy atom. The van der Waals surface area contributed by atoms with Crippen molar-refractivity contribution in [3.8, 4) is 0 Å². The van der Waals surface area contributed by atoms with Crippen molar-refractivity contribution in [2.45, 2.75) is 25.2 Å². The Kier molecular flexibility index (Phi) is 3.61. The normalized spacial score (nSPS) is 12.0. The van der Waals surface area contributed by atoms with Crippen LogP contribution in [0.3, 0.4) is 0 Å². The summed E-state index contributed by atoms with van der Waals surface area (Å²) in [7, 11) is -1.93. The van der Waals surface area contributed by atoms with Gasteiger partial charge in [0.2, 0.25) is 0 Å². The Labute approximate surface area is 132 Å². The highest BCUT2D eigenvalue weighted by molar-refractivity contribution is 7.93. The molecular formula is C13H15N5O2S2. The van der Waals surface area contributed by atoms with E-state index in [2.05, 4.69) is 19.8 Å². The van der Waals surface area contributed by atoms with Gasteiger partial charge in [-0.15, -0.1) is 11.3 Å². The number of nitrogens with one attached hydrogen (secondary N) is 1. The van der Waals surface area contributed by atoms with Crippen LogP contribution >= 0.6 is 11.3 Å². The minimum absolute atomic E-state index is 0.101. The number of nitrogens with zero attached hydrogens (tertiary/aromatic N) is 4. The molecule has 7 nitrogen and oxygen atoms in total. The lowest BCUT2D eigenvalue weighted by molar-refractivity contribution is 0.601. The largest absolute Gasteiger partial charge is 0.265 e. The molecule has 0 bridgehead atoms. The van der Waals surface area contributed by atoms with Crippen LogP contribution < -0.4 is 4.72 Å². The molecule has 3 aromatic rings. The van der Waals surface area contributed by atoms with Crippen LogP contribution in [-0.2, 0) is 23.5 Å². The van der Waals surface area contributed by atoms with Gasteiger partial charge in [-0.05, 0) is 19.4 Å². The number of hydrogen-bond donors (Lipinski definition) is 1. The number of anilines is 1. The fourth-order valence-corrected chi connectivity index (χ4v) is 4.14. The lowest BCUT2D eigenvalue weighted by Crippen LogP contribution is -2.13. The summed E-state index contributed by atoms with van der Waals surface area (Å²) in [4.78, 5) is 8.51. The molecule has 9 heteroatoms. The maximum atomic E-state index is 12.4. The van der Waals surface area contributed by atoms with E-state index in [1.165, 1.54) is 17.5 Å². The summed E-state index contributed by atoms with van der Waals surface area (Å²) in [6, 6.07) is 1.58. The third-order valence-electron chi connectivity index (χ3n) is 3.28. The second-order valence-corrected chi connectivity index (χ2v) is 7.39. The molecule has 3 aromatic heterocycles. The van der Waals surface area contributed by atoms with E-state index >= 15 is 0 Å². The minimum Gasteiger partial charge on any atom is -0.255 e. The summed E-state index contributed by atoms with van der Waals surface area (Å²) in [6.45, 7) is 3.79. The number of aromatic nitrogens is 4. The highest BCUT2D eigenvalue weighted by atomic mass is 32.2. The second-order valence-electron chi connectivity index (χ2n) is 4.85. The van der Waals surface area contributed by atoms with Crippen molar-refractivity contribution < 1.29 is 8.42 Å². The van der Waals surface area contributed by atoms with E-state index in [4.69, 9.17) is 0 Å². The summed E-state index contributed by atoms with van der Waals surface area (Å²) in [6.07, 6.45) is 2.10. The van der Waals surface area contributed by atoms with Gasteiger partial charge in [-0.2, -0.15) is 5.10 Å². The Bertz CT molecular complexity index is 943. The molecule has 0 saturated carbocycles. The van der Waals surface area contributed by atoms with Crippen molar-refractivity contribution in [3.05, 3.63) is 29.0 Å². The zero-order valence-corrected chi connectivity index (χ0v) is 14.0. The lowest BCUT2D eigenvalue weighted by Gasteiger charge is -2.05. The molecule has 0 amide bonds. The van der Waals surface area contributed by atoms with Crippen molar-refractivity contribution in [2.24, 2.45) is 7.05 Å². The van der Waals surface area contributed by atoms with Crippen LogP contribution in [0.15, 0.2) is 22.5 Å². The first-order valence-electron chi connectivity index (χ1n) is 6.67. The van der Waals surface area contributed by atoms with Crippen LogP contribution in [0.4, 0.5) is 5.13 Å². The Hall–Kier alpha value is -2.00. The molecule has 3 rings (SSSR count). The van der Waals surface area contributed by atoms with Crippen LogP contribution in [0.5, 0.6) is 0 Å². The average molecular weight is 337 g/mol. The van der Waals surface area contributed by atoms with E-state index in [0.717, 1.165) is 23.2 Å². The molecule has 0 atom stereocenters. The fourth-order valence-electron chi connectivity index (χ4n) is 2.13. The summed E-state index contributed by atoms with van der Waals surface area (Å²) >= 11 is 1.27. The fraction of sp³-hybridized carbons (Fsp3) is 0.308. The van der Waals surface area contributed by atoms with Gasteiger partial charge in [0.25, 0.3) is 10.0 Å². The standard InChI is InChI=1S/C13H15N5O2S2/c1-4-9-7-21-13(15-9)17-22(19,20)10-5-11-8(2)16-18(3)12(11)14-6-10/h5-7H,4H2,1-3H3,(H,15,17). The molecule has 0 saturated heterocycles. The zero-order valence-electron chi connectivity index (χ0n) is 12.4. The van der Waals surface area contributed by atoms with Crippen molar-refractivity contribution in [3.63, 3.8) is 0 Å². The van der Waals surface area contributed by atoms with Crippen LogP contribution in [0, 0.1) is 6.92 Å². The van der Waals surface area contributed by atoms with Crippen LogP contribution in [0.1, 0.15) is 18.3 Å². The van der Waals surface area contributed by atoms with Gasteiger partial charge in [-0.1, -0.05) is 6.92 Å². The minimum atomic E-state index is -3.71. The maximum absolute atomic E-state index is 12.4. The highest BCUT2D eigenvalue weighted by Crippen LogP contribution is 2.23. The van der Waals surface area contributed by atoms with E-state index in [9.17, 15) is 8.42 Å². The quantitative estimate of drug-likeness (QED) is 0.787. The molecule has 0 fully saturated rings. The van der Waals surface area contributed by atoms with Crippen LogP contribution in [0.25, 0.3) is 11.0 Å². The molecule has 0 unspecified atom stereocenters. The summed E-state index contributed by atoms with van der Waals surface area (Å²) in [5.41, 5.74) is 2.25. The van der Waals surface area contributed by atoms with Crippen LogP contribution in [0.2, 0.25) is 0 Å². The number of hydrogen-bond acceptors (Lipinski definition) is 6. The van der Waals surface area contributed by atoms with Gasteiger partial charge in [0, 0.05) is 24.0 Å². The molecule has 116 valence electrons. The Morgan fingerprint density at radius 2 is 2.18 bits per heavy atom. The van der Waals surface area contributed by atoms with Crippen molar-refractivity contribution >= 4 is 37.5 Å². The van der Waals surface area contributed by atoms with Gasteiger partial charge >= 0.3 is 0 Å². The van der Waals surface area contributed by atoms with E-state index in [0.29, 0.717) is 10.8 Å². The van der Waals surface area contributed by atoms with Crippen molar-refractivity contribution in [1.29, 1.82) is 0 Å². The second kappa shape index (κ2) is 5.33. The van der Waals surface area contributed by atoms with E-state index in [1.807, 2.05) is 19.2 Å². The first-order chi connectivity index (χ1) is 10.4. The Balaban J connectivity index is 1.99. The molecule has 1 N–H and O–H groups in total. The molecule has 0 spiro atoms. The molecule has 22 heavy (non-hydrogen) atoms. The van der Waals surface area contributed by atoms with E-state index in [-0.39, 0.29) is 4.90 Å². The molecule has 0 aliphatic carbocycles. The highest BCUT2D eigenvalue weighted by Gasteiger charge is 2.19.